The summed E-state index contributed by atoms with van der Waals surface area (Å²) in [6, 6.07) is 4.93. The number of carbonyl (C=O) groups is 2. The Morgan fingerprint density at radius 2 is 1.67 bits per heavy atom. The minimum absolute atomic E-state index is 0.0703. The molecule has 0 spiro atoms. The van der Waals surface area contributed by atoms with Gasteiger partial charge in [-0.05, 0) is 23.6 Å². The van der Waals surface area contributed by atoms with Crippen LogP contribution in [0.3, 0.4) is 0 Å². The van der Waals surface area contributed by atoms with Gasteiger partial charge in [-0.2, -0.15) is 4.31 Å². The number of rotatable bonds is 10. The first-order valence-electron chi connectivity index (χ1n) is 9.10. The zero-order chi connectivity index (χ0) is 20.6. The monoisotopic (exact) mass is 398 g/mol. The number of sulfonamides is 1. The molecule has 0 aromatic heterocycles. The van der Waals surface area contributed by atoms with Gasteiger partial charge in [0.2, 0.25) is 15.9 Å². The summed E-state index contributed by atoms with van der Waals surface area (Å²) in [6.45, 7) is 8.38. The largest absolute Gasteiger partial charge is 0.352 e. The fourth-order valence-electron chi connectivity index (χ4n) is 2.65. The van der Waals surface area contributed by atoms with Gasteiger partial charge in [0.15, 0.2) is 0 Å². The summed E-state index contributed by atoms with van der Waals surface area (Å²) >= 11 is 0. The highest BCUT2D eigenvalue weighted by Gasteiger charge is 2.25. The Labute approximate surface area is 161 Å². The Bertz CT molecular complexity index is 730. The number of nitrogens with two attached hydrogens (primary N) is 1. The first kappa shape index (κ1) is 22.9. The van der Waals surface area contributed by atoms with E-state index in [9.17, 15) is 18.0 Å². The summed E-state index contributed by atoms with van der Waals surface area (Å²) in [5.74, 6) is -0.401. The second-order valence-electron chi connectivity index (χ2n) is 6.32. The molecular formula is C18H30N4O4S. The van der Waals surface area contributed by atoms with Gasteiger partial charge in [-0.15, -0.1) is 0 Å². The molecule has 1 aromatic rings. The lowest BCUT2D eigenvalue weighted by Gasteiger charge is -2.22. The fraction of sp³-hybridized carbons (Fsp3) is 0.556. The maximum absolute atomic E-state index is 12.5. The van der Waals surface area contributed by atoms with E-state index < -0.39 is 22.1 Å². The third-order valence-corrected chi connectivity index (χ3v) is 6.59. The molecule has 2 atom stereocenters. The molecule has 0 radical (unpaired) electrons. The lowest BCUT2D eigenvalue weighted by Crippen LogP contribution is -2.51. The molecule has 9 heteroatoms. The van der Waals surface area contributed by atoms with Gasteiger partial charge in [-0.3, -0.25) is 4.79 Å². The van der Waals surface area contributed by atoms with Crippen molar-refractivity contribution in [3.8, 4) is 0 Å². The lowest BCUT2D eigenvalue weighted by molar-refractivity contribution is -0.124. The highest BCUT2D eigenvalue weighted by molar-refractivity contribution is 7.89. The van der Waals surface area contributed by atoms with Crippen molar-refractivity contribution in [1.29, 1.82) is 0 Å². The Morgan fingerprint density at radius 3 is 2.11 bits per heavy atom. The van der Waals surface area contributed by atoms with Crippen LogP contribution in [0.1, 0.15) is 39.7 Å². The normalized spacial score (nSPS) is 13.8. The molecule has 0 unspecified atom stereocenters. The minimum Gasteiger partial charge on any atom is -0.352 e. The van der Waals surface area contributed by atoms with Crippen molar-refractivity contribution in [3.05, 3.63) is 29.8 Å². The van der Waals surface area contributed by atoms with Gasteiger partial charge >= 0.3 is 6.03 Å². The zero-order valence-corrected chi connectivity index (χ0v) is 17.2. The SMILES string of the molecule is CC[C@H](C)[C@H](NC(N)=O)C(=O)NCc1ccc(S(=O)(=O)N(CC)CC)cc1. The van der Waals surface area contributed by atoms with Crippen molar-refractivity contribution in [3.63, 3.8) is 0 Å². The van der Waals surface area contributed by atoms with E-state index in [1.54, 1.807) is 26.0 Å². The molecule has 152 valence electrons. The van der Waals surface area contributed by atoms with Crippen molar-refractivity contribution in [2.75, 3.05) is 13.1 Å². The van der Waals surface area contributed by atoms with Crippen LogP contribution in [-0.4, -0.2) is 43.8 Å². The molecule has 0 saturated heterocycles. The summed E-state index contributed by atoms with van der Waals surface area (Å²) in [7, 11) is -3.51. The van der Waals surface area contributed by atoms with E-state index >= 15 is 0 Å². The van der Waals surface area contributed by atoms with Crippen molar-refractivity contribution >= 4 is 22.0 Å². The van der Waals surface area contributed by atoms with Gasteiger partial charge in [0, 0.05) is 19.6 Å². The van der Waals surface area contributed by atoms with Crippen LogP contribution in [-0.2, 0) is 21.4 Å². The molecule has 0 aliphatic carbocycles. The lowest BCUT2D eigenvalue weighted by atomic mass is 9.98. The zero-order valence-electron chi connectivity index (χ0n) is 16.4. The molecule has 4 N–H and O–H groups in total. The van der Waals surface area contributed by atoms with E-state index in [-0.39, 0.29) is 23.3 Å². The fourth-order valence-corrected chi connectivity index (χ4v) is 4.10. The molecule has 8 nitrogen and oxygen atoms in total. The molecular weight excluding hydrogens is 368 g/mol. The van der Waals surface area contributed by atoms with Gasteiger partial charge in [0.1, 0.15) is 6.04 Å². The molecule has 3 amide bonds. The van der Waals surface area contributed by atoms with Crippen LogP contribution in [0.4, 0.5) is 4.79 Å². The van der Waals surface area contributed by atoms with Gasteiger partial charge in [-0.1, -0.05) is 46.2 Å². The number of hydrogen-bond acceptors (Lipinski definition) is 4. The first-order chi connectivity index (χ1) is 12.7. The number of urea groups is 1. The van der Waals surface area contributed by atoms with Crippen LogP contribution in [0.5, 0.6) is 0 Å². The number of benzene rings is 1. The van der Waals surface area contributed by atoms with E-state index in [0.29, 0.717) is 19.5 Å². The quantitative estimate of drug-likeness (QED) is 0.552. The summed E-state index contributed by atoms with van der Waals surface area (Å²) in [4.78, 5) is 23.7. The number of primary amides is 1. The summed E-state index contributed by atoms with van der Waals surface area (Å²) in [6.07, 6.45) is 0.705. The highest BCUT2D eigenvalue weighted by atomic mass is 32.2. The Morgan fingerprint density at radius 1 is 1.11 bits per heavy atom. The van der Waals surface area contributed by atoms with Crippen LogP contribution in [0.15, 0.2) is 29.2 Å². The summed E-state index contributed by atoms with van der Waals surface area (Å²) in [5, 5.41) is 5.22. The van der Waals surface area contributed by atoms with Gasteiger partial charge in [-0.25, -0.2) is 13.2 Å². The van der Waals surface area contributed by atoms with Crippen LogP contribution in [0.2, 0.25) is 0 Å². The van der Waals surface area contributed by atoms with E-state index in [1.165, 1.54) is 16.4 Å². The van der Waals surface area contributed by atoms with Crippen LogP contribution in [0, 0.1) is 5.92 Å². The Balaban J connectivity index is 2.81. The second-order valence-corrected chi connectivity index (χ2v) is 8.26. The van der Waals surface area contributed by atoms with Gasteiger partial charge < -0.3 is 16.4 Å². The van der Waals surface area contributed by atoms with E-state index in [4.69, 9.17) is 5.73 Å². The predicted molar refractivity (Wildman–Crippen MR) is 104 cm³/mol. The topological polar surface area (TPSA) is 122 Å². The average Bonchev–Trinajstić information content (AvgIpc) is 2.64. The molecule has 0 aliphatic rings. The standard InChI is InChI=1S/C18H30N4O4S/c1-5-13(4)16(21-18(19)24)17(23)20-12-14-8-10-15(11-9-14)27(25,26)22(6-2)7-3/h8-11,13,16H,5-7,12H2,1-4H3,(H,20,23)(H3,19,21,24)/t13-,16-/m0/s1. The second kappa shape index (κ2) is 10.3. The molecule has 1 aromatic carbocycles. The molecule has 0 fully saturated rings. The van der Waals surface area contributed by atoms with Crippen molar-refractivity contribution in [2.45, 2.75) is 51.6 Å². The van der Waals surface area contributed by atoms with Crippen LogP contribution < -0.4 is 16.4 Å². The Hall–Kier alpha value is -2.13. The van der Waals surface area contributed by atoms with E-state index in [1.807, 2.05) is 13.8 Å². The van der Waals surface area contributed by atoms with E-state index in [2.05, 4.69) is 10.6 Å². The maximum Gasteiger partial charge on any atom is 0.312 e. The number of nitrogens with one attached hydrogen (secondary N) is 2. The molecule has 1 rings (SSSR count). The summed E-state index contributed by atoms with van der Waals surface area (Å²) in [5.41, 5.74) is 5.90. The van der Waals surface area contributed by atoms with Crippen molar-refractivity contribution in [2.24, 2.45) is 11.7 Å². The Kier molecular flexibility index (Phi) is 8.71. The van der Waals surface area contributed by atoms with Crippen molar-refractivity contribution in [1.82, 2.24) is 14.9 Å². The third-order valence-electron chi connectivity index (χ3n) is 4.53. The molecule has 0 aliphatic heterocycles. The maximum atomic E-state index is 12.5. The number of carbonyl (C=O) groups excluding carboxylic acids is 2. The number of amides is 3. The number of hydrogen-bond donors (Lipinski definition) is 3. The molecule has 0 saturated carbocycles. The highest BCUT2D eigenvalue weighted by Crippen LogP contribution is 2.16. The molecule has 27 heavy (non-hydrogen) atoms. The number of nitrogens with zero attached hydrogens (tertiary/aromatic N) is 1. The van der Waals surface area contributed by atoms with E-state index in [0.717, 1.165) is 5.56 Å². The molecule has 0 bridgehead atoms. The van der Waals surface area contributed by atoms with Gasteiger partial charge in [0.25, 0.3) is 0 Å². The van der Waals surface area contributed by atoms with Crippen LogP contribution >= 0.6 is 0 Å². The predicted octanol–water partition coefficient (Wildman–Crippen LogP) is 1.42. The van der Waals surface area contributed by atoms with Crippen LogP contribution in [0.25, 0.3) is 0 Å². The van der Waals surface area contributed by atoms with Gasteiger partial charge in [0.05, 0.1) is 4.90 Å². The first-order valence-corrected chi connectivity index (χ1v) is 10.5. The molecule has 0 heterocycles. The third kappa shape index (κ3) is 6.21. The minimum atomic E-state index is -3.51. The summed E-state index contributed by atoms with van der Waals surface area (Å²) < 4.78 is 26.3. The van der Waals surface area contributed by atoms with Crippen molar-refractivity contribution < 1.29 is 18.0 Å². The smallest absolute Gasteiger partial charge is 0.312 e. The average molecular weight is 399 g/mol.